The molecule has 0 aromatic rings. The summed E-state index contributed by atoms with van der Waals surface area (Å²) >= 11 is 0. The van der Waals surface area contributed by atoms with Crippen LogP contribution in [0.1, 0.15) is 104 Å². The maximum atomic E-state index is 9.00. The summed E-state index contributed by atoms with van der Waals surface area (Å²) in [6.45, 7) is 4.57. The lowest BCUT2D eigenvalue weighted by molar-refractivity contribution is -0.134. The normalized spacial score (nSPS) is 10.0. The Bertz CT molecular complexity index is 364. The van der Waals surface area contributed by atoms with E-state index in [9.17, 15) is 0 Å². The van der Waals surface area contributed by atoms with E-state index < -0.39 is 16.4 Å². The van der Waals surface area contributed by atoms with Crippen LogP contribution in [0.15, 0.2) is 0 Å². The maximum absolute atomic E-state index is 9.00. The molecule has 0 aliphatic carbocycles. The summed E-state index contributed by atoms with van der Waals surface area (Å²) < 4.78 is 31.6. The molecule has 0 aromatic carbocycles. The largest absolute Gasteiger partial charge is 0.481 e. The Labute approximate surface area is 173 Å². The van der Waals surface area contributed by atoms with Gasteiger partial charge in [-0.3, -0.25) is 13.9 Å². The molecule has 9 heteroatoms. The average Bonchev–Trinajstić information content (AvgIpc) is 2.53. The highest BCUT2D eigenvalue weighted by Gasteiger charge is 1.93. The molecule has 0 aliphatic rings. The van der Waals surface area contributed by atoms with Gasteiger partial charge in [0.15, 0.2) is 0 Å². The zero-order valence-corrected chi connectivity index (χ0v) is 19.1. The molecule has 0 amide bonds. The number of nitrogens with one attached hydrogen (secondary N) is 1. The Balaban J connectivity index is -0.000000240. The van der Waals surface area contributed by atoms with Crippen molar-refractivity contribution in [2.45, 2.75) is 104 Å². The minimum Gasteiger partial charge on any atom is -0.481 e. The lowest BCUT2D eigenvalue weighted by Gasteiger charge is -2.03. The van der Waals surface area contributed by atoms with Crippen LogP contribution in [-0.4, -0.2) is 42.2 Å². The van der Waals surface area contributed by atoms with Crippen LogP contribution < -0.4 is 11.5 Å². The van der Waals surface area contributed by atoms with Crippen LogP contribution in [0.2, 0.25) is 0 Å². The lowest BCUT2D eigenvalue weighted by atomic mass is 10.0. The second-order valence-electron chi connectivity index (χ2n) is 6.67. The molecule has 0 radical (unpaired) electrons. The molecule has 0 bridgehead atoms. The van der Waals surface area contributed by atoms with Gasteiger partial charge in [-0.15, -0.1) is 0 Å². The molecule has 0 aromatic heterocycles. The van der Waals surface area contributed by atoms with Gasteiger partial charge in [-0.1, -0.05) is 90.4 Å². The minimum absolute atomic E-state index is 0. The molecule has 28 heavy (non-hydrogen) atoms. The monoisotopic (exact) mass is 430 g/mol. The van der Waals surface area contributed by atoms with Crippen LogP contribution in [-0.2, 0) is 15.2 Å². The van der Waals surface area contributed by atoms with Gasteiger partial charge in [0.1, 0.15) is 0 Å². The molecule has 0 rings (SSSR count). The number of carbonyl (C=O) groups is 1. The van der Waals surface area contributed by atoms with Gasteiger partial charge in [0.2, 0.25) is 0 Å². The van der Waals surface area contributed by atoms with Crippen molar-refractivity contribution in [1.82, 2.24) is 11.5 Å². The van der Waals surface area contributed by atoms with Crippen LogP contribution in [0.25, 0.3) is 0 Å². The molecule has 174 valence electrons. The summed E-state index contributed by atoms with van der Waals surface area (Å²) in [6, 6.07) is 0. The van der Waals surface area contributed by atoms with Gasteiger partial charge >= 0.3 is 10.4 Å². The van der Waals surface area contributed by atoms with Gasteiger partial charge in [0, 0.05) is 6.92 Å². The number of unbranched alkanes of at least 4 members (excludes halogenated alkanes) is 13. The van der Waals surface area contributed by atoms with Crippen molar-refractivity contribution >= 4 is 16.4 Å². The molecule has 0 atom stereocenters. The highest BCUT2D eigenvalue weighted by atomic mass is 32.3. The van der Waals surface area contributed by atoms with Crippen molar-refractivity contribution in [3.8, 4) is 0 Å². The first-order valence-corrected chi connectivity index (χ1v) is 11.6. The highest BCUT2D eigenvalue weighted by molar-refractivity contribution is 7.79. The van der Waals surface area contributed by atoms with Crippen LogP contribution in [0.5, 0.6) is 0 Å². The SMILES string of the molecule is CC(=O)O.CCCCCCCCCCCCCCCCNC.N.O=S(=O)(O)O. The molecule has 0 fully saturated rings. The fraction of sp³-hybridized carbons (Fsp3) is 0.947. The molecular formula is C19H46N2O6S. The van der Waals surface area contributed by atoms with Crippen molar-refractivity contribution in [2.75, 3.05) is 13.6 Å². The zero-order valence-electron chi connectivity index (χ0n) is 18.3. The topological polar surface area (TPSA) is 159 Å². The third-order valence-electron chi connectivity index (χ3n) is 3.78. The minimum atomic E-state index is -4.67. The van der Waals surface area contributed by atoms with E-state index in [4.69, 9.17) is 27.4 Å². The second kappa shape index (κ2) is 28.5. The number of carboxylic acids is 1. The number of aliphatic carboxylic acids is 1. The van der Waals surface area contributed by atoms with Gasteiger partial charge < -0.3 is 16.6 Å². The highest BCUT2D eigenvalue weighted by Crippen LogP contribution is 2.12. The summed E-state index contributed by atoms with van der Waals surface area (Å²) in [5.41, 5.74) is 0. The molecule has 7 N–H and O–H groups in total. The molecule has 0 unspecified atom stereocenters. The van der Waals surface area contributed by atoms with E-state index in [-0.39, 0.29) is 6.15 Å². The smallest absolute Gasteiger partial charge is 0.394 e. The van der Waals surface area contributed by atoms with Gasteiger partial charge in [-0.05, 0) is 20.0 Å². The van der Waals surface area contributed by atoms with Gasteiger partial charge in [0.05, 0.1) is 0 Å². The number of hydrogen-bond acceptors (Lipinski definition) is 5. The zero-order chi connectivity index (χ0) is 21.4. The van der Waals surface area contributed by atoms with Crippen molar-refractivity contribution in [1.29, 1.82) is 0 Å². The maximum Gasteiger partial charge on any atom is 0.394 e. The van der Waals surface area contributed by atoms with E-state index in [0.29, 0.717) is 0 Å². The third kappa shape index (κ3) is 73.1. The van der Waals surface area contributed by atoms with Crippen LogP contribution in [0.4, 0.5) is 0 Å². The van der Waals surface area contributed by atoms with Gasteiger partial charge in [-0.2, -0.15) is 8.42 Å². The Morgan fingerprint density at radius 2 is 0.964 bits per heavy atom. The summed E-state index contributed by atoms with van der Waals surface area (Å²) in [4.78, 5) is 9.00. The Morgan fingerprint density at radius 3 is 1.18 bits per heavy atom. The quantitative estimate of drug-likeness (QED) is 0.173. The van der Waals surface area contributed by atoms with E-state index in [1.165, 1.54) is 96.4 Å². The molecule has 0 aliphatic heterocycles. The summed E-state index contributed by atoms with van der Waals surface area (Å²) in [6.07, 6.45) is 20.3. The summed E-state index contributed by atoms with van der Waals surface area (Å²) in [5, 5.41) is 10.6. The summed E-state index contributed by atoms with van der Waals surface area (Å²) in [7, 11) is -2.62. The second-order valence-corrected chi connectivity index (χ2v) is 7.56. The first kappa shape index (κ1) is 34.7. The predicted octanol–water partition coefficient (Wildman–Crippen LogP) is 5.29. The number of hydrogen-bond donors (Lipinski definition) is 5. The molecule has 0 heterocycles. The first-order valence-electron chi connectivity index (χ1n) is 10.2. The molecule has 0 spiro atoms. The van der Waals surface area contributed by atoms with E-state index in [1.54, 1.807) is 0 Å². The van der Waals surface area contributed by atoms with Gasteiger partial charge in [0.25, 0.3) is 5.97 Å². The Morgan fingerprint density at radius 1 is 0.750 bits per heavy atom. The van der Waals surface area contributed by atoms with Crippen LogP contribution in [0, 0.1) is 0 Å². The molecule has 0 saturated carbocycles. The standard InChI is InChI=1S/C17H37N.C2H4O2.H3N.H2O4S/c1-3-4-5-6-7-8-9-10-11-12-13-14-15-16-17-18-2;1-2(3)4;;1-5(2,3)4/h18H,3-17H2,1-2H3;1H3,(H,3,4);1H3;(H2,1,2,3,4). The number of rotatable bonds is 15. The van der Waals surface area contributed by atoms with Crippen molar-refractivity contribution < 1.29 is 27.4 Å². The average molecular weight is 431 g/mol. The van der Waals surface area contributed by atoms with Gasteiger partial charge in [-0.25, -0.2) is 0 Å². The predicted molar refractivity (Wildman–Crippen MR) is 117 cm³/mol. The van der Waals surface area contributed by atoms with Crippen molar-refractivity contribution in [2.24, 2.45) is 0 Å². The third-order valence-corrected chi connectivity index (χ3v) is 3.78. The van der Waals surface area contributed by atoms with Crippen LogP contribution >= 0.6 is 0 Å². The molecule has 0 saturated heterocycles. The summed E-state index contributed by atoms with van der Waals surface area (Å²) in [5.74, 6) is -0.833. The molecular weight excluding hydrogens is 384 g/mol. The lowest BCUT2D eigenvalue weighted by Crippen LogP contribution is -2.06. The number of carboxylic acid groups (broad SMARTS) is 1. The first-order chi connectivity index (χ1) is 12.6. The van der Waals surface area contributed by atoms with E-state index >= 15 is 0 Å². The Kier molecular flexibility index (Phi) is 35.3. The molecule has 8 nitrogen and oxygen atoms in total. The fourth-order valence-corrected chi connectivity index (χ4v) is 2.50. The van der Waals surface area contributed by atoms with Crippen molar-refractivity contribution in [3.63, 3.8) is 0 Å². The van der Waals surface area contributed by atoms with E-state index in [1.807, 2.05) is 7.05 Å². The van der Waals surface area contributed by atoms with Crippen molar-refractivity contribution in [3.05, 3.63) is 0 Å². The van der Waals surface area contributed by atoms with Crippen LogP contribution in [0.3, 0.4) is 0 Å². The Hall–Kier alpha value is -0.740. The van der Waals surface area contributed by atoms with E-state index in [0.717, 1.165) is 6.92 Å². The van der Waals surface area contributed by atoms with E-state index in [2.05, 4.69) is 12.2 Å². The fourth-order valence-electron chi connectivity index (χ4n) is 2.50.